The molecule has 4 heteroatoms. The van der Waals surface area contributed by atoms with Crippen molar-refractivity contribution < 1.29 is 20.7 Å². The smallest absolute Gasteiger partial charge is 0.335 e. The summed E-state index contributed by atoms with van der Waals surface area (Å²) >= 11 is 0. The van der Waals surface area contributed by atoms with Crippen LogP contribution in [-0.2, 0) is 0 Å². The van der Waals surface area contributed by atoms with Crippen molar-refractivity contribution in [2.75, 3.05) is 0 Å². The van der Waals surface area contributed by atoms with Gasteiger partial charge in [0, 0.05) is 0 Å². The summed E-state index contributed by atoms with van der Waals surface area (Å²) in [5.41, 5.74) is 4.21. The van der Waals surface area contributed by atoms with Crippen molar-refractivity contribution in [1.82, 2.24) is 0 Å². The van der Waals surface area contributed by atoms with Gasteiger partial charge in [0.2, 0.25) is 0 Å². The van der Waals surface area contributed by atoms with Gasteiger partial charge in [-0.15, -0.1) is 0 Å². The van der Waals surface area contributed by atoms with Crippen LogP contribution in [0.5, 0.6) is 5.75 Å². The van der Waals surface area contributed by atoms with Crippen molar-refractivity contribution in [3.63, 3.8) is 0 Å². The molecule has 0 aliphatic carbocycles. The molecule has 0 saturated carbocycles. The van der Waals surface area contributed by atoms with Gasteiger partial charge in [-0.25, -0.2) is 4.79 Å². The number of unbranched alkanes of at least 4 members (excludes halogenated alkanes) is 18. The van der Waals surface area contributed by atoms with Crippen molar-refractivity contribution in [2.45, 2.75) is 161 Å². The van der Waals surface area contributed by atoms with Gasteiger partial charge in [0.1, 0.15) is 0 Å². The fourth-order valence-electron chi connectivity index (χ4n) is 4.63. The summed E-state index contributed by atoms with van der Waals surface area (Å²) in [6, 6.07) is 6.26. The predicted octanol–water partition coefficient (Wildman–Crippen LogP) is 8.68. The normalized spacial score (nSPS) is 10.9. The Morgan fingerprint density at radius 3 is 1.31 bits per heavy atom. The predicted molar refractivity (Wildman–Crippen MR) is 152 cm³/mol. The summed E-state index contributed by atoms with van der Waals surface area (Å²) in [6.45, 7) is 4.60. The minimum Gasteiger partial charge on any atom is -0.872 e. The van der Waals surface area contributed by atoms with Gasteiger partial charge in [0.25, 0.3) is 0 Å². The molecule has 4 N–H and O–H groups in total. The summed E-state index contributed by atoms with van der Waals surface area (Å²) in [7, 11) is 0. The van der Waals surface area contributed by atoms with Crippen molar-refractivity contribution in [3.05, 3.63) is 29.8 Å². The highest BCUT2D eigenvalue weighted by Gasteiger charge is 2.05. The molecule has 0 fully saturated rings. The molecule has 0 spiro atoms. The lowest BCUT2D eigenvalue weighted by Crippen LogP contribution is -2.60. The Balaban J connectivity index is 0.00000101. The molecule has 36 heavy (non-hydrogen) atoms. The molecular weight excluding hydrogens is 446 g/mol. The third kappa shape index (κ3) is 22.9. The lowest BCUT2D eigenvalue weighted by molar-refractivity contribution is -0.423. The van der Waals surface area contributed by atoms with Crippen molar-refractivity contribution in [2.24, 2.45) is 0 Å². The maximum atomic E-state index is 10.7. The molecule has 4 nitrogen and oxygen atoms in total. The van der Waals surface area contributed by atoms with Gasteiger partial charge in [-0.05, 0) is 31.7 Å². The topological polar surface area (TPSA) is 88.0 Å². The molecule has 0 aliphatic heterocycles. The van der Waals surface area contributed by atoms with Gasteiger partial charge < -0.3 is 15.9 Å². The molecule has 0 bridgehead atoms. The molecule has 210 valence electrons. The first-order chi connectivity index (χ1) is 17.5. The fraction of sp³-hybridized carbons (Fsp3) is 0.781. The van der Waals surface area contributed by atoms with E-state index in [0.717, 1.165) is 6.04 Å². The average Bonchev–Trinajstić information content (AvgIpc) is 2.87. The van der Waals surface area contributed by atoms with Crippen LogP contribution in [0.2, 0.25) is 0 Å². The van der Waals surface area contributed by atoms with E-state index in [1.807, 2.05) is 0 Å². The lowest BCUT2D eigenvalue weighted by Gasteiger charge is -2.08. The van der Waals surface area contributed by atoms with Crippen molar-refractivity contribution >= 4 is 5.97 Å². The molecule has 0 unspecified atom stereocenters. The third-order valence-electron chi connectivity index (χ3n) is 7.05. The maximum absolute atomic E-state index is 10.7. The van der Waals surface area contributed by atoms with Crippen molar-refractivity contribution in [1.29, 1.82) is 0 Å². The quantitative estimate of drug-likeness (QED) is 0.146. The van der Waals surface area contributed by atoms with Crippen LogP contribution >= 0.6 is 0 Å². The number of carbonyl (C=O) groups is 1. The summed E-state index contributed by atoms with van der Waals surface area (Å²) in [4.78, 5) is 10.2. The van der Waals surface area contributed by atoms with E-state index in [2.05, 4.69) is 19.6 Å². The number of benzene rings is 1. The monoisotopic (exact) mass is 505 g/mol. The zero-order valence-corrected chi connectivity index (χ0v) is 23.9. The maximum Gasteiger partial charge on any atom is 0.335 e. The molecule has 0 heterocycles. The van der Waals surface area contributed by atoms with E-state index in [0.29, 0.717) is 0 Å². The van der Waals surface area contributed by atoms with Crippen LogP contribution in [-0.4, -0.2) is 17.1 Å². The number of hydrogen-bond donors (Lipinski definition) is 2. The zero-order valence-electron chi connectivity index (χ0n) is 23.9. The van der Waals surface area contributed by atoms with Crippen LogP contribution in [0, 0.1) is 0 Å². The largest absolute Gasteiger partial charge is 0.872 e. The molecule has 0 aliphatic rings. The fourth-order valence-corrected chi connectivity index (χ4v) is 4.63. The number of quaternary nitrogens is 1. The molecule has 0 saturated heterocycles. The number of carboxylic acid groups (broad SMARTS) is 1. The van der Waals surface area contributed by atoms with Crippen LogP contribution in [0.1, 0.15) is 165 Å². The number of para-hydroxylation sites is 1. The second-order valence-electron chi connectivity index (χ2n) is 10.6. The van der Waals surface area contributed by atoms with Crippen LogP contribution in [0.15, 0.2) is 24.3 Å². The highest BCUT2D eigenvalue weighted by atomic mass is 16.4. The Kier molecular flexibility index (Phi) is 25.4. The summed E-state index contributed by atoms with van der Waals surface area (Å²) in [5, 5.41) is 19.0. The van der Waals surface area contributed by atoms with Crippen LogP contribution in [0.4, 0.5) is 0 Å². The van der Waals surface area contributed by atoms with E-state index in [4.69, 9.17) is 5.11 Å². The zero-order chi connectivity index (χ0) is 26.7. The average molecular weight is 506 g/mol. The first-order valence-corrected chi connectivity index (χ1v) is 15.3. The van der Waals surface area contributed by atoms with Crippen LogP contribution in [0.25, 0.3) is 0 Å². The lowest BCUT2D eigenvalue weighted by atomic mass is 10.00. The molecule has 1 aromatic rings. The Bertz CT molecular complexity index is 581. The molecule has 0 radical (unpaired) electrons. The molecule has 1 rings (SSSR count). The van der Waals surface area contributed by atoms with Crippen molar-refractivity contribution in [3.8, 4) is 5.75 Å². The van der Waals surface area contributed by atoms with Crippen LogP contribution in [0.3, 0.4) is 0 Å². The summed E-state index contributed by atoms with van der Waals surface area (Å²) in [5.74, 6) is -1.62. The molecular formula is C32H59NO3. The van der Waals surface area contributed by atoms with Gasteiger partial charge in [0.15, 0.2) is 0 Å². The van der Waals surface area contributed by atoms with Gasteiger partial charge in [0.05, 0.1) is 11.6 Å². The number of aromatic carboxylic acids is 1. The van der Waals surface area contributed by atoms with E-state index in [1.54, 1.807) is 0 Å². The number of hydrogen-bond acceptors (Lipinski definition) is 2. The Hall–Kier alpha value is -1.55. The number of rotatable bonds is 23. The van der Waals surface area contributed by atoms with E-state index < -0.39 is 11.7 Å². The first kappa shape index (κ1) is 34.5. The third-order valence-corrected chi connectivity index (χ3v) is 7.05. The van der Waals surface area contributed by atoms with E-state index in [-0.39, 0.29) is 5.56 Å². The van der Waals surface area contributed by atoms with E-state index in [9.17, 15) is 9.90 Å². The SMILES string of the molecule is CCCCCCCCCCCCC([NH3+])CCCCCCCCCCCC.O=C(O)c1ccccc1[O-]. The first-order valence-electron chi connectivity index (χ1n) is 15.3. The molecule has 1 aromatic carbocycles. The van der Waals surface area contributed by atoms with E-state index >= 15 is 0 Å². The van der Waals surface area contributed by atoms with Gasteiger partial charge in [-0.3, -0.25) is 0 Å². The summed E-state index contributed by atoms with van der Waals surface area (Å²) in [6.07, 6.45) is 31.6. The molecule has 0 amide bonds. The molecule has 0 aromatic heterocycles. The molecule has 0 atom stereocenters. The standard InChI is InChI=1S/C25H53N.C7H6O3/c1-3-5-7-9-11-13-15-17-19-21-23-25(26)24-22-20-18-16-14-12-10-8-6-4-2;8-6-4-2-1-3-5(6)7(9)10/h25H,3-24,26H2,1-2H3;1-4,8H,(H,9,10). The van der Waals surface area contributed by atoms with Gasteiger partial charge >= 0.3 is 5.97 Å². The highest BCUT2D eigenvalue weighted by molar-refractivity contribution is 5.90. The second kappa shape index (κ2) is 26.5. The minimum atomic E-state index is -1.18. The highest BCUT2D eigenvalue weighted by Crippen LogP contribution is 2.15. The van der Waals surface area contributed by atoms with Gasteiger partial charge in [-0.2, -0.15) is 0 Å². The summed E-state index contributed by atoms with van der Waals surface area (Å²) < 4.78 is 0. The Morgan fingerprint density at radius 2 is 1.00 bits per heavy atom. The van der Waals surface area contributed by atoms with Crippen LogP contribution < -0.4 is 10.8 Å². The van der Waals surface area contributed by atoms with E-state index in [1.165, 1.54) is 166 Å². The Morgan fingerprint density at radius 1 is 0.667 bits per heavy atom. The Labute approximate surface area is 223 Å². The van der Waals surface area contributed by atoms with Gasteiger partial charge in [-0.1, -0.05) is 153 Å². The number of carboxylic acids is 1. The second-order valence-corrected chi connectivity index (χ2v) is 10.6. The minimum absolute atomic E-state index is 0.178.